The minimum Gasteiger partial charge on any atom is -0.469 e. The van der Waals surface area contributed by atoms with Crippen LogP contribution in [0.1, 0.15) is 107 Å². The standard InChI is InChI=1S/C51H70N10O9/c1-70-45(64)23-22-44(63)57-40(27-32-13-4-2-5-14-32)47(66)58-38-20-11-24-54-46(65)34(17-10-25-55-51(52)53)30-43(62)39(29-35-31-56-37-19-9-8-18-36(35)37)59-48(67)41(28-33-15-6-3-7-16-33)60-49(68)42-21-12-26-61(42)50(38)69/h2,4-5,8-9,13-14,18-19,31,33-34,38-42,56H,3,6-7,10-12,15-17,20-30H2,1H3,(H,54,65)(H,57,63)(H,58,66)(H,59,67)(H,60,68)(H4,52,53,55)/t34-,38+,39+,40+,41-,42+/m1/s1. The second-order valence-corrected chi connectivity index (χ2v) is 18.8. The van der Waals surface area contributed by atoms with E-state index in [2.05, 4.69) is 41.3 Å². The number of aliphatic imine (C=N–C) groups is 1. The van der Waals surface area contributed by atoms with Crippen molar-refractivity contribution >= 4 is 64.1 Å². The van der Waals surface area contributed by atoms with Gasteiger partial charge < -0.3 is 52.7 Å². The van der Waals surface area contributed by atoms with Gasteiger partial charge in [-0.15, -0.1) is 0 Å². The molecule has 378 valence electrons. The van der Waals surface area contributed by atoms with Gasteiger partial charge >= 0.3 is 5.97 Å². The fourth-order valence-corrected chi connectivity index (χ4v) is 9.89. The molecule has 0 bridgehead atoms. The van der Waals surface area contributed by atoms with Gasteiger partial charge in [0.15, 0.2) is 11.7 Å². The van der Waals surface area contributed by atoms with Gasteiger partial charge in [-0.1, -0.05) is 80.6 Å². The maximum absolute atomic E-state index is 14.8. The lowest BCUT2D eigenvalue weighted by molar-refractivity contribution is -0.143. The summed E-state index contributed by atoms with van der Waals surface area (Å²) in [5, 5.41) is 15.4. The van der Waals surface area contributed by atoms with E-state index >= 15 is 0 Å². The van der Waals surface area contributed by atoms with Crippen LogP contribution < -0.4 is 38.1 Å². The minimum atomic E-state index is -1.19. The highest BCUT2D eigenvalue weighted by Gasteiger charge is 2.41. The number of guanidine groups is 1. The Hall–Kier alpha value is -6.79. The number of ketones is 1. The lowest BCUT2D eigenvalue weighted by Gasteiger charge is -2.32. The zero-order valence-corrected chi connectivity index (χ0v) is 40.2. The molecule has 2 saturated heterocycles. The van der Waals surface area contributed by atoms with Gasteiger partial charge in [0.2, 0.25) is 35.4 Å². The van der Waals surface area contributed by atoms with Crippen molar-refractivity contribution in [2.75, 3.05) is 26.7 Å². The number of aromatic amines is 1. The first-order chi connectivity index (χ1) is 33.8. The number of hydrogen-bond donors (Lipinski definition) is 8. The third-order valence-corrected chi connectivity index (χ3v) is 13.7. The van der Waals surface area contributed by atoms with Gasteiger partial charge in [-0.2, -0.15) is 0 Å². The Morgan fingerprint density at radius 3 is 2.34 bits per heavy atom. The zero-order valence-electron chi connectivity index (χ0n) is 40.2. The number of ether oxygens (including phenoxy) is 1. The van der Waals surface area contributed by atoms with Gasteiger partial charge in [-0.3, -0.25) is 43.3 Å². The number of nitrogens with one attached hydrogen (secondary N) is 6. The van der Waals surface area contributed by atoms with Crippen molar-refractivity contribution in [3.63, 3.8) is 0 Å². The van der Waals surface area contributed by atoms with Crippen molar-refractivity contribution in [3.05, 3.63) is 71.9 Å². The number of carbonyl (C=O) groups excluding carboxylic acids is 8. The Morgan fingerprint density at radius 2 is 1.59 bits per heavy atom. The van der Waals surface area contributed by atoms with Crippen LogP contribution in [0.25, 0.3) is 10.9 Å². The Bertz CT molecular complexity index is 2330. The molecule has 10 N–H and O–H groups in total. The number of fused-ring (bicyclic) bond motifs is 2. The van der Waals surface area contributed by atoms with Crippen LogP contribution in [0.15, 0.2) is 65.8 Å². The molecular weight excluding hydrogens is 897 g/mol. The number of methoxy groups -OCH3 is 1. The molecule has 6 rings (SSSR count). The Morgan fingerprint density at radius 1 is 0.843 bits per heavy atom. The summed E-state index contributed by atoms with van der Waals surface area (Å²) in [5.74, 6) is -4.98. The van der Waals surface area contributed by atoms with E-state index in [0.717, 1.165) is 54.1 Å². The number of carbonyl (C=O) groups is 8. The largest absolute Gasteiger partial charge is 0.469 e. The van der Waals surface area contributed by atoms with Crippen LogP contribution in [-0.4, -0.2) is 120 Å². The van der Waals surface area contributed by atoms with Crippen LogP contribution in [0.3, 0.4) is 0 Å². The molecule has 3 aromatic rings. The summed E-state index contributed by atoms with van der Waals surface area (Å²) in [4.78, 5) is 121. The molecule has 0 spiro atoms. The number of rotatable bonds is 16. The van der Waals surface area contributed by atoms with Crippen LogP contribution in [0, 0.1) is 11.8 Å². The quantitative estimate of drug-likeness (QED) is 0.0446. The molecule has 3 heterocycles. The van der Waals surface area contributed by atoms with E-state index < -0.39 is 77.5 Å². The highest BCUT2D eigenvalue weighted by Crippen LogP contribution is 2.29. The number of nitrogens with zero attached hydrogens (tertiary/aromatic N) is 2. The Balaban J connectivity index is 1.31. The van der Waals surface area contributed by atoms with E-state index in [1.54, 1.807) is 24.3 Å². The predicted molar refractivity (Wildman–Crippen MR) is 262 cm³/mol. The van der Waals surface area contributed by atoms with Crippen LogP contribution >= 0.6 is 0 Å². The molecule has 3 aliphatic rings. The summed E-state index contributed by atoms with van der Waals surface area (Å²) < 4.78 is 4.68. The number of para-hydroxylation sites is 1. The molecule has 1 saturated carbocycles. The number of H-pyrrole nitrogens is 1. The maximum atomic E-state index is 14.8. The van der Waals surface area contributed by atoms with Crippen molar-refractivity contribution in [2.24, 2.45) is 28.3 Å². The molecule has 6 amide bonds. The van der Waals surface area contributed by atoms with Gasteiger partial charge in [0.25, 0.3) is 0 Å². The Kier molecular flexibility index (Phi) is 19.7. The molecule has 19 nitrogen and oxygen atoms in total. The summed E-state index contributed by atoms with van der Waals surface area (Å²) in [6, 6.07) is 11.2. The summed E-state index contributed by atoms with van der Waals surface area (Å²) in [5.41, 5.74) is 13.5. The SMILES string of the molecule is COC(=O)CCC(=O)N[C@@H](Cc1ccccc1)C(=O)N[C@H]1CCCNC(=O)[C@H](CCCN=C(N)N)CC(=O)[C@H](Cc2c[nH]c3ccccc23)NC(=O)[C@@H](CC2CCCCC2)NC(=O)[C@@H]2CCCN2C1=O. The molecule has 0 unspecified atom stereocenters. The van der Waals surface area contributed by atoms with Gasteiger partial charge in [0.05, 0.1) is 19.6 Å². The highest BCUT2D eigenvalue weighted by atomic mass is 16.5. The normalized spacial score (nSPS) is 22.6. The van der Waals surface area contributed by atoms with Gasteiger partial charge in [0.1, 0.15) is 24.2 Å². The number of amides is 6. The van der Waals surface area contributed by atoms with E-state index in [9.17, 15) is 38.4 Å². The number of benzene rings is 2. The number of nitrogens with two attached hydrogens (primary N) is 2. The maximum Gasteiger partial charge on any atom is 0.306 e. The molecule has 2 aromatic carbocycles. The number of esters is 1. The lowest BCUT2D eigenvalue weighted by atomic mass is 9.84. The predicted octanol–water partition coefficient (Wildman–Crippen LogP) is 2.35. The highest BCUT2D eigenvalue weighted by molar-refractivity contribution is 5.98. The topological polar surface area (TPSA) is 289 Å². The second-order valence-electron chi connectivity index (χ2n) is 18.8. The fourth-order valence-electron chi connectivity index (χ4n) is 9.89. The van der Waals surface area contributed by atoms with E-state index in [-0.39, 0.29) is 88.7 Å². The van der Waals surface area contributed by atoms with Crippen LogP contribution in [-0.2, 0) is 55.9 Å². The molecule has 1 aliphatic carbocycles. The van der Waals surface area contributed by atoms with Crippen molar-refractivity contribution in [2.45, 2.75) is 139 Å². The van der Waals surface area contributed by atoms with Crippen molar-refractivity contribution in [3.8, 4) is 0 Å². The average Bonchev–Trinajstić information content (AvgIpc) is 4.02. The summed E-state index contributed by atoms with van der Waals surface area (Å²) in [6.07, 6.45) is 8.14. The van der Waals surface area contributed by atoms with E-state index in [0.29, 0.717) is 25.7 Å². The number of Topliss-reactive ketones (excluding diaryl/α,β-unsaturated/α-hetero) is 1. The van der Waals surface area contributed by atoms with Gasteiger partial charge in [0, 0.05) is 68.3 Å². The first kappa shape index (κ1) is 52.6. The Labute approximate surface area is 408 Å². The summed E-state index contributed by atoms with van der Waals surface area (Å²) >= 11 is 0. The molecule has 1 aromatic heterocycles. The van der Waals surface area contributed by atoms with E-state index in [1.165, 1.54) is 12.0 Å². The second kappa shape index (κ2) is 26.3. The minimum absolute atomic E-state index is 0.0392. The molecule has 2 aliphatic heterocycles. The first-order valence-electron chi connectivity index (χ1n) is 24.8. The smallest absolute Gasteiger partial charge is 0.306 e. The van der Waals surface area contributed by atoms with Crippen molar-refractivity contribution in [1.82, 2.24) is 36.5 Å². The van der Waals surface area contributed by atoms with E-state index in [4.69, 9.17) is 11.5 Å². The first-order valence-corrected chi connectivity index (χ1v) is 24.8. The zero-order chi connectivity index (χ0) is 50.0. The van der Waals surface area contributed by atoms with Crippen LogP contribution in [0.4, 0.5) is 0 Å². The molecule has 19 heteroatoms. The van der Waals surface area contributed by atoms with Crippen molar-refractivity contribution < 1.29 is 43.1 Å². The molecule has 3 fully saturated rings. The number of aromatic nitrogens is 1. The summed E-state index contributed by atoms with van der Waals surface area (Å²) in [6.45, 7) is 0.493. The van der Waals surface area contributed by atoms with Crippen molar-refractivity contribution in [1.29, 1.82) is 0 Å². The third-order valence-electron chi connectivity index (χ3n) is 13.7. The van der Waals surface area contributed by atoms with E-state index in [1.807, 2.05) is 36.5 Å². The molecule has 0 radical (unpaired) electrons. The third kappa shape index (κ3) is 15.4. The van der Waals surface area contributed by atoms with Gasteiger partial charge in [-0.05, 0) is 68.1 Å². The fraction of sp³-hybridized carbons (Fsp3) is 0.549. The monoisotopic (exact) mass is 967 g/mol. The molecule has 6 atom stereocenters. The van der Waals surface area contributed by atoms with Crippen LogP contribution in [0.5, 0.6) is 0 Å². The lowest BCUT2D eigenvalue weighted by Crippen LogP contribution is -2.59. The van der Waals surface area contributed by atoms with Gasteiger partial charge in [-0.25, -0.2) is 0 Å². The average molecular weight is 967 g/mol. The van der Waals surface area contributed by atoms with Crippen LogP contribution in [0.2, 0.25) is 0 Å². The molecule has 70 heavy (non-hydrogen) atoms. The number of hydrogen-bond acceptors (Lipinski definition) is 10. The summed E-state index contributed by atoms with van der Waals surface area (Å²) in [7, 11) is 1.21. The molecular formula is C51H70N10O9.